The van der Waals surface area contributed by atoms with Crippen LogP contribution < -0.4 is 9.62 Å². The van der Waals surface area contributed by atoms with E-state index in [1.807, 2.05) is 13.8 Å². The van der Waals surface area contributed by atoms with Crippen molar-refractivity contribution < 1.29 is 17.6 Å². The van der Waals surface area contributed by atoms with Gasteiger partial charge in [-0.25, -0.2) is 12.8 Å². The summed E-state index contributed by atoms with van der Waals surface area (Å²) >= 11 is 0. The third-order valence-corrected chi connectivity index (χ3v) is 4.75. The minimum absolute atomic E-state index is 0.0102. The number of nitrogens with one attached hydrogen (secondary N) is 1. The minimum atomic E-state index is -3.67. The molecule has 2 aromatic carbocycles. The molecule has 0 aliphatic rings. The lowest BCUT2D eigenvalue weighted by Gasteiger charge is -2.22. The Morgan fingerprint density at radius 2 is 1.79 bits per heavy atom. The van der Waals surface area contributed by atoms with Crippen LogP contribution in [0.3, 0.4) is 0 Å². The van der Waals surface area contributed by atoms with Crippen molar-refractivity contribution in [2.45, 2.75) is 13.8 Å². The molecule has 0 aliphatic carbocycles. The monoisotopic (exact) mass is 350 g/mol. The van der Waals surface area contributed by atoms with Crippen LogP contribution in [0.1, 0.15) is 11.1 Å². The molecule has 0 saturated carbocycles. The van der Waals surface area contributed by atoms with Crippen LogP contribution in [0.2, 0.25) is 0 Å². The molecule has 0 saturated heterocycles. The van der Waals surface area contributed by atoms with Crippen LogP contribution in [0.15, 0.2) is 42.5 Å². The number of hydrogen-bond acceptors (Lipinski definition) is 3. The number of para-hydroxylation sites is 1. The molecule has 0 fully saturated rings. The summed E-state index contributed by atoms with van der Waals surface area (Å²) in [7, 11) is -3.67. The Kier molecular flexibility index (Phi) is 5.23. The van der Waals surface area contributed by atoms with E-state index in [-0.39, 0.29) is 5.69 Å². The second kappa shape index (κ2) is 7.00. The molecular formula is C17H19FN2O3S. The van der Waals surface area contributed by atoms with E-state index in [0.717, 1.165) is 21.7 Å². The first-order chi connectivity index (χ1) is 11.2. The number of anilines is 2. The minimum Gasteiger partial charge on any atom is -0.322 e. The summed E-state index contributed by atoms with van der Waals surface area (Å²) in [6, 6.07) is 10.8. The maximum atomic E-state index is 13.6. The summed E-state index contributed by atoms with van der Waals surface area (Å²) in [6.45, 7) is 3.34. The van der Waals surface area contributed by atoms with E-state index in [2.05, 4.69) is 5.32 Å². The van der Waals surface area contributed by atoms with E-state index in [1.54, 1.807) is 24.3 Å². The summed E-state index contributed by atoms with van der Waals surface area (Å²) in [5, 5.41) is 2.39. The maximum Gasteiger partial charge on any atom is 0.245 e. The molecule has 2 rings (SSSR count). The summed E-state index contributed by atoms with van der Waals surface area (Å²) in [5.41, 5.74) is 2.33. The summed E-state index contributed by atoms with van der Waals surface area (Å²) in [6.07, 6.45) is 1.03. The molecule has 0 radical (unpaired) electrons. The zero-order chi connectivity index (χ0) is 17.9. The van der Waals surface area contributed by atoms with E-state index in [9.17, 15) is 17.6 Å². The number of sulfonamides is 1. The van der Waals surface area contributed by atoms with E-state index in [1.165, 1.54) is 18.2 Å². The van der Waals surface area contributed by atoms with Crippen LogP contribution in [0.4, 0.5) is 15.8 Å². The normalized spacial score (nSPS) is 11.2. The molecule has 2 aromatic rings. The number of halogens is 1. The number of carbonyl (C=O) groups excluding carboxylic acids is 1. The topological polar surface area (TPSA) is 66.5 Å². The van der Waals surface area contributed by atoms with Gasteiger partial charge >= 0.3 is 0 Å². The van der Waals surface area contributed by atoms with Gasteiger partial charge in [0.15, 0.2) is 0 Å². The highest BCUT2D eigenvalue weighted by Crippen LogP contribution is 2.21. The van der Waals surface area contributed by atoms with Gasteiger partial charge in [0.05, 0.1) is 17.6 Å². The van der Waals surface area contributed by atoms with Gasteiger partial charge in [-0.1, -0.05) is 18.2 Å². The van der Waals surface area contributed by atoms with Crippen molar-refractivity contribution >= 4 is 27.3 Å². The Balaban J connectivity index is 2.25. The van der Waals surface area contributed by atoms with Crippen molar-refractivity contribution in [1.29, 1.82) is 0 Å². The van der Waals surface area contributed by atoms with Gasteiger partial charge in [0.2, 0.25) is 15.9 Å². The summed E-state index contributed by atoms with van der Waals surface area (Å²) < 4.78 is 38.7. The smallest absolute Gasteiger partial charge is 0.245 e. The third kappa shape index (κ3) is 4.32. The molecule has 24 heavy (non-hydrogen) atoms. The molecule has 0 atom stereocenters. The van der Waals surface area contributed by atoms with Crippen LogP contribution in [0.5, 0.6) is 0 Å². The van der Waals surface area contributed by atoms with Crippen LogP contribution in [-0.2, 0) is 14.8 Å². The molecule has 0 heterocycles. The second-order valence-corrected chi connectivity index (χ2v) is 7.47. The maximum absolute atomic E-state index is 13.6. The molecule has 1 amide bonds. The molecule has 0 unspecified atom stereocenters. The molecule has 0 spiro atoms. The zero-order valence-corrected chi connectivity index (χ0v) is 14.5. The molecule has 0 aromatic heterocycles. The van der Waals surface area contributed by atoms with E-state index in [4.69, 9.17) is 0 Å². The predicted octanol–water partition coefficient (Wildman–Crippen LogP) is 2.85. The zero-order valence-electron chi connectivity index (χ0n) is 13.7. The molecule has 1 N–H and O–H groups in total. The van der Waals surface area contributed by atoms with Gasteiger partial charge in [-0.15, -0.1) is 0 Å². The fraction of sp³-hybridized carbons (Fsp3) is 0.235. The molecule has 7 heteroatoms. The Labute approximate surface area is 141 Å². The lowest BCUT2D eigenvalue weighted by Crippen LogP contribution is -2.37. The molecule has 0 bridgehead atoms. The number of carbonyl (C=O) groups is 1. The van der Waals surface area contributed by atoms with Crippen molar-refractivity contribution in [1.82, 2.24) is 0 Å². The number of rotatable bonds is 5. The number of amides is 1. The molecule has 5 nitrogen and oxygen atoms in total. The highest BCUT2D eigenvalue weighted by molar-refractivity contribution is 7.92. The Morgan fingerprint density at radius 3 is 2.38 bits per heavy atom. The first-order valence-electron chi connectivity index (χ1n) is 7.28. The number of hydrogen-bond donors (Lipinski definition) is 1. The van der Waals surface area contributed by atoms with Gasteiger partial charge < -0.3 is 5.32 Å². The van der Waals surface area contributed by atoms with Gasteiger partial charge in [-0.2, -0.15) is 0 Å². The summed E-state index contributed by atoms with van der Waals surface area (Å²) in [5.74, 6) is -1.20. The van der Waals surface area contributed by atoms with Crippen molar-refractivity contribution in [2.75, 3.05) is 22.4 Å². The third-order valence-electron chi connectivity index (χ3n) is 3.61. The average Bonchev–Trinajstić information content (AvgIpc) is 2.49. The van der Waals surface area contributed by atoms with Crippen molar-refractivity contribution in [3.8, 4) is 0 Å². The van der Waals surface area contributed by atoms with Gasteiger partial charge in [0, 0.05) is 0 Å². The lowest BCUT2D eigenvalue weighted by molar-refractivity contribution is -0.114. The summed E-state index contributed by atoms with van der Waals surface area (Å²) in [4.78, 5) is 12.2. The fourth-order valence-electron chi connectivity index (χ4n) is 2.16. The molecule has 0 aliphatic heterocycles. The van der Waals surface area contributed by atoms with Gasteiger partial charge in [-0.05, 0) is 49.2 Å². The van der Waals surface area contributed by atoms with E-state index < -0.39 is 28.3 Å². The Morgan fingerprint density at radius 1 is 1.12 bits per heavy atom. The van der Waals surface area contributed by atoms with Crippen LogP contribution in [-0.4, -0.2) is 27.1 Å². The van der Waals surface area contributed by atoms with E-state index >= 15 is 0 Å². The first-order valence-corrected chi connectivity index (χ1v) is 9.12. The number of aryl methyl sites for hydroxylation is 2. The van der Waals surface area contributed by atoms with Crippen molar-refractivity contribution in [3.63, 3.8) is 0 Å². The van der Waals surface area contributed by atoms with E-state index in [0.29, 0.717) is 5.69 Å². The number of benzene rings is 2. The van der Waals surface area contributed by atoms with Gasteiger partial charge in [0.25, 0.3) is 0 Å². The molecule has 128 valence electrons. The first kappa shape index (κ1) is 17.9. The second-order valence-electron chi connectivity index (χ2n) is 5.57. The fourth-order valence-corrected chi connectivity index (χ4v) is 3.01. The standard InChI is InChI=1S/C17H19FN2O3S/c1-12-8-9-14(10-13(12)2)20(24(3,22)23)11-17(21)19-16-7-5-4-6-15(16)18/h4-10H,11H2,1-3H3,(H,19,21). The van der Waals surface area contributed by atoms with Crippen LogP contribution in [0.25, 0.3) is 0 Å². The highest BCUT2D eigenvalue weighted by Gasteiger charge is 2.21. The van der Waals surface area contributed by atoms with Crippen LogP contribution in [0, 0.1) is 19.7 Å². The number of nitrogens with zero attached hydrogens (tertiary/aromatic N) is 1. The SMILES string of the molecule is Cc1ccc(N(CC(=O)Nc2ccccc2F)S(C)(=O)=O)cc1C. The lowest BCUT2D eigenvalue weighted by atomic mass is 10.1. The van der Waals surface area contributed by atoms with Gasteiger partial charge in [-0.3, -0.25) is 9.10 Å². The Bertz CT molecular complexity index is 866. The quantitative estimate of drug-likeness (QED) is 0.902. The largest absolute Gasteiger partial charge is 0.322 e. The predicted molar refractivity (Wildman–Crippen MR) is 93.1 cm³/mol. The van der Waals surface area contributed by atoms with Crippen molar-refractivity contribution in [3.05, 3.63) is 59.4 Å². The van der Waals surface area contributed by atoms with Gasteiger partial charge in [0.1, 0.15) is 12.4 Å². The Hall–Kier alpha value is -2.41. The molecular weight excluding hydrogens is 331 g/mol. The highest BCUT2D eigenvalue weighted by atomic mass is 32.2. The average molecular weight is 350 g/mol. The van der Waals surface area contributed by atoms with Crippen molar-refractivity contribution in [2.24, 2.45) is 0 Å². The van der Waals surface area contributed by atoms with Crippen LogP contribution >= 0.6 is 0 Å².